The molecule has 1 heterocycles. The zero-order valence-corrected chi connectivity index (χ0v) is 7.12. The van der Waals surface area contributed by atoms with Crippen molar-refractivity contribution in [3.8, 4) is 0 Å². The summed E-state index contributed by atoms with van der Waals surface area (Å²) in [6, 6.07) is 0. The van der Waals surface area contributed by atoms with Gasteiger partial charge in [0.15, 0.2) is 0 Å². The molecule has 0 aromatic heterocycles. The van der Waals surface area contributed by atoms with E-state index in [1.54, 1.807) is 0 Å². The first-order valence-corrected chi connectivity index (χ1v) is 4.13. The normalized spacial score (nSPS) is 19.2. The van der Waals surface area contributed by atoms with Gasteiger partial charge in [-0.25, -0.2) is 4.79 Å². The highest BCUT2D eigenvalue weighted by molar-refractivity contribution is 6.31. The lowest BCUT2D eigenvalue weighted by atomic mass is 9.99. The first kappa shape index (κ1) is 9.03. The van der Waals surface area contributed by atoms with Gasteiger partial charge in [0.2, 0.25) is 0 Å². The minimum Gasteiger partial charge on any atom is -0.474 e. The zero-order valence-electron chi connectivity index (χ0n) is 7.12. The summed E-state index contributed by atoms with van der Waals surface area (Å²) < 4.78 is 0. The molecule has 0 radical (unpaired) electrons. The van der Waals surface area contributed by atoms with Crippen LogP contribution >= 0.6 is 0 Å². The van der Waals surface area contributed by atoms with E-state index in [1.165, 1.54) is 4.90 Å². The minimum absolute atomic E-state index is 0.590. The van der Waals surface area contributed by atoms with Crippen molar-refractivity contribution < 1.29 is 14.7 Å². The molecule has 4 heteroatoms. The highest BCUT2D eigenvalue weighted by Gasteiger charge is 2.24. The van der Waals surface area contributed by atoms with Gasteiger partial charge < -0.3 is 10.0 Å². The molecule has 68 valence electrons. The number of rotatable bonds is 0. The van der Waals surface area contributed by atoms with E-state index in [1.807, 2.05) is 0 Å². The van der Waals surface area contributed by atoms with Crippen LogP contribution in [0.15, 0.2) is 0 Å². The molecule has 0 aromatic rings. The van der Waals surface area contributed by atoms with Gasteiger partial charge >= 0.3 is 11.9 Å². The smallest absolute Gasteiger partial charge is 0.394 e. The maximum Gasteiger partial charge on any atom is 0.394 e. The number of hydrogen-bond donors (Lipinski definition) is 1. The van der Waals surface area contributed by atoms with Crippen LogP contribution in [-0.2, 0) is 9.59 Å². The van der Waals surface area contributed by atoms with Crippen molar-refractivity contribution in [1.82, 2.24) is 4.90 Å². The average Bonchev–Trinajstić information content (AvgIpc) is 2.04. The van der Waals surface area contributed by atoms with Crippen molar-refractivity contribution in [2.24, 2.45) is 5.92 Å². The van der Waals surface area contributed by atoms with E-state index >= 15 is 0 Å². The highest BCUT2D eigenvalue weighted by Crippen LogP contribution is 2.15. The monoisotopic (exact) mass is 171 g/mol. The molecular formula is C8H13NO3. The molecule has 1 aliphatic heterocycles. The number of amides is 1. The van der Waals surface area contributed by atoms with Crippen LogP contribution in [0.3, 0.4) is 0 Å². The van der Waals surface area contributed by atoms with Crippen LogP contribution in [0.5, 0.6) is 0 Å². The number of carbonyl (C=O) groups excluding carboxylic acids is 1. The molecule has 0 saturated carbocycles. The SMILES string of the molecule is CC1CCN(C(=O)C(=O)O)CC1. The molecule has 1 saturated heterocycles. The van der Waals surface area contributed by atoms with Gasteiger partial charge in [-0.1, -0.05) is 6.92 Å². The fourth-order valence-electron chi connectivity index (χ4n) is 1.35. The van der Waals surface area contributed by atoms with Gasteiger partial charge in [0.25, 0.3) is 0 Å². The van der Waals surface area contributed by atoms with Crippen LogP contribution in [0.1, 0.15) is 19.8 Å². The van der Waals surface area contributed by atoms with E-state index < -0.39 is 11.9 Å². The summed E-state index contributed by atoms with van der Waals surface area (Å²) in [4.78, 5) is 22.6. The van der Waals surface area contributed by atoms with Crippen LogP contribution in [0.2, 0.25) is 0 Å². The van der Waals surface area contributed by atoms with Gasteiger partial charge in [0.1, 0.15) is 0 Å². The minimum atomic E-state index is -1.34. The maximum atomic E-state index is 10.9. The van der Waals surface area contributed by atoms with Gasteiger partial charge in [-0.05, 0) is 18.8 Å². The van der Waals surface area contributed by atoms with E-state index in [0.717, 1.165) is 12.8 Å². The number of carbonyl (C=O) groups is 2. The van der Waals surface area contributed by atoms with Crippen LogP contribution < -0.4 is 0 Å². The quantitative estimate of drug-likeness (QED) is 0.534. The van der Waals surface area contributed by atoms with Crippen LogP contribution in [0.4, 0.5) is 0 Å². The topological polar surface area (TPSA) is 57.6 Å². The zero-order chi connectivity index (χ0) is 9.14. The Morgan fingerprint density at radius 2 is 1.83 bits per heavy atom. The third kappa shape index (κ3) is 1.96. The second-order valence-corrected chi connectivity index (χ2v) is 3.28. The Morgan fingerprint density at radius 1 is 1.33 bits per heavy atom. The van der Waals surface area contributed by atoms with Gasteiger partial charge in [0, 0.05) is 13.1 Å². The third-order valence-electron chi connectivity index (χ3n) is 2.25. The standard InChI is InChI=1S/C8H13NO3/c1-6-2-4-9(5-3-6)7(10)8(11)12/h6H,2-5H2,1H3,(H,11,12). The average molecular weight is 171 g/mol. The van der Waals surface area contributed by atoms with Gasteiger partial charge in [-0.3, -0.25) is 4.79 Å². The number of hydrogen-bond acceptors (Lipinski definition) is 2. The molecule has 4 nitrogen and oxygen atoms in total. The van der Waals surface area contributed by atoms with Crippen molar-refractivity contribution in [3.63, 3.8) is 0 Å². The molecule has 0 atom stereocenters. The number of carboxylic acids is 1. The maximum absolute atomic E-state index is 10.9. The number of nitrogens with zero attached hydrogens (tertiary/aromatic N) is 1. The molecule has 1 N–H and O–H groups in total. The van der Waals surface area contributed by atoms with E-state index in [4.69, 9.17) is 5.11 Å². The molecule has 0 bridgehead atoms. The van der Waals surface area contributed by atoms with Crippen LogP contribution in [-0.4, -0.2) is 35.0 Å². The van der Waals surface area contributed by atoms with Crippen molar-refractivity contribution >= 4 is 11.9 Å². The van der Waals surface area contributed by atoms with E-state index in [2.05, 4.69) is 6.92 Å². The summed E-state index contributed by atoms with van der Waals surface area (Å²) in [7, 11) is 0. The molecule has 0 aliphatic carbocycles. The number of piperidine rings is 1. The lowest BCUT2D eigenvalue weighted by Crippen LogP contribution is -2.41. The van der Waals surface area contributed by atoms with Gasteiger partial charge in [-0.15, -0.1) is 0 Å². The Bertz CT molecular complexity index is 194. The Hall–Kier alpha value is -1.06. The fraction of sp³-hybridized carbons (Fsp3) is 0.750. The first-order chi connectivity index (χ1) is 5.61. The molecule has 12 heavy (non-hydrogen) atoms. The van der Waals surface area contributed by atoms with Crippen molar-refractivity contribution in [2.45, 2.75) is 19.8 Å². The van der Waals surface area contributed by atoms with Crippen molar-refractivity contribution in [1.29, 1.82) is 0 Å². The molecule has 0 unspecified atom stereocenters. The molecule has 1 fully saturated rings. The summed E-state index contributed by atoms with van der Waals surface area (Å²) in [5.41, 5.74) is 0. The summed E-state index contributed by atoms with van der Waals surface area (Å²) in [6.07, 6.45) is 1.83. The Balaban J connectivity index is 2.44. The number of carboxylic acid groups (broad SMARTS) is 1. The number of likely N-dealkylation sites (tertiary alicyclic amines) is 1. The predicted octanol–water partition coefficient (Wildman–Crippen LogP) is 0.329. The summed E-state index contributed by atoms with van der Waals surface area (Å²) in [6.45, 7) is 3.29. The number of aliphatic carboxylic acids is 1. The summed E-state index contributed by atoms with van der Waals surface area (Å²) in [5.74, 6) is -1.49. The van der Waals surface area contributed by atoms with Crippen LogP contribution in [0, 0.1) is 5.92 Å². The Morgan fingerprint density at radius 3 is 2.25 bits per heavy atom. The van der Waals surface area contributed by atoms with Crippen molar-refractivity contribution in [2.75, 3.05) is 13.1 Å². The molecule has 1 rings (SSSR count). The highest BCUT2D eigenvalue weighted by atomic mass is 16.4. The first-order valence-electron chi connectivity index (χ1n) is 4.13. The summed E-state index contributed by atoms with van der Waals surface area (Å²) >= 11 is 0. The molecule has 0 spiro atoms. The molecule has 0 aromatic carbocycles. The lowest BCUT2D eigenvalue weighted by Gasteiger charge is -2.28. The summed E-state index contributed by atoms with van der Waals surface area (Å²) in [5, 5.41) is 8.41. The second-order valence-electron chi connectivity index (χ2n) is 3.28. The predicted molar refractivity (Wildman–Crippen MR) is 42.6 cm³/mol. The Labute approximate surface area is 71.2 Å². The Kier molecular flexibility index (Phi) is 2.68. The van der Waals surface area contributed by atoms with Gasteiger partial charge in [0.05, 0.1) is 0 Å². The van der Waals surface area contributed by atoms with Crippen LogP contribution in [0.25, 0.3) is 0 Å². The van der Waals surface area contributed by atoms with Crippen molar-refractivity contribution in [3.05, 3.63) is 0 Å². The van der Waals surface area contributed by atoms with Gasteiger partial charge in [-0.2, -0.15) is 0 Å². The lowest BCUT2D eigenvalue weighted by molar-refractivity contribution is -0.156. The molecular weight excluding hydrogens is 158 g/mol. The van der Waals surface area contributed by atoms with E-state index in [-0.39, 0.29) is 0 Å². The molecule has 1 amide bonds. The van der Waals surface area contributed by atoms with E-state index in [0.29, 0.717) is 19.0 Å². The molecule has 1 aliphatic rings. The largest absolute Gasteiger partial charge is 0.474 e. The van der Waals surface area contributed by atoms with E-state index in [9.17, 15) is 9.59 Å². The second kappa shape index (κ2) is 3.56. The third-order valence-corrected chi connectivity index (χ3v) is 2.25. The fourth-order valence-corrected chi connectivity index (χ4v) is 1.35.